The minimum atomic E-state index is 0.197. The van der Waals surface area contributed by atoms with Crippen LogP contribution in [0.15, 0.2) is 42.5 Å². The Labute approximate surface area is 185 Å². The minimum Gasteiger partial charge on any atom is -0.495 e. The number of hydrogen-bond donors (Lipinski definition) is 3. The Kier molecular flexibility index (Phi) is 6.19. The Morgan fingerprint density at radius 3 is 2.81 bits per heavy atom. The van der Waals surface area contributed by atoms with E-state index in [1.54, 1.807) is 13.2 Å². The first-order valence-electron chi connectivity index (χ1n) is 9.74. The molecule has 1 aromatic heterocycles. The molecule has 1 aliphatic heterocycles. The molecule has 4 rings (SSSR count). The molecule has 158 valence electrons. The lowest BCUT2D eigenvalue weighted by Gasteiger charge is -2.13. The molecule has 0 amide bonds. The van der Waals surface area contributed by atoms with Gasteiger partial charge in [-0.3, -0.25) is 0 Å². The number of thiocarbonyl (C=S) groups is 1. The van der Waals surface area contributed by atoms with Crippen molar-refractivity contribution in [1.29, 1.82) is 5.26 Å². The van der Waals surface area contributed by atoms with Crippen LogP contribution in [0.3, 0.4) is 0 Å². The molecule has 9 heteroatoms. The zero-order valence-corrected chi connectivity index (χ0v) is 17.7. The SMILES string of the molecule is COc1ccccc1NC(=S)NCCCNc1nc2cc3c(cc2cc1C#N)OCO3. The highest BCUT2D eigenvalue weighted by atomic mass is 32.1. The van der Waals surface area contributed by atoms with Crippen LogP contribution in [-0.4, -0.2) is 37.1 Å². The molecule has 3 N–H and O–H groups in total. The van der Waals surface area contributed by atoms with Crippen LogP contribution in [0.5, 0.6) is 17.2 Å². The van der Waals surface area contributed by atoms with Crippen LogP contribution in [0.4, 0.5) is 11.5 Å². The highest BCUT2D eigenvalue weighted by Gasteiger charge is 2.16. The van der Waals surface area contributed by atoms with E-state index in [0.717, 1.165) is 28.8 Å². The fourth-order valence-electron chi connectivity index (χ4n) is 3.20. The van der Waals surface area contributed by atoms with Crippen LogP contribution in [0, 0.1) is 11.3 Å². The maximum Gasteiger partial charge on any atom is 0.231 e. The van der Waals surface area contributed by atoms with Gasteiger partial charge in [-0.1, -0.05) is 12.1 Å². The summed E-state index contributed by atoms with van der Waals surface area (Å²) in [6.07, 6.45) is 0.777. The van der Waals surface area contributed by atoms with Gasteiger partial charge in [-0.05, 0) is 42.9 Å². The van der Waals surface area contributed by atoms with Crippen molar-refractivity contribution in [2.75, 3.05) is 37.6 Å². The average molecular weight is 436 g/mol. The van der Waals surface area contributed by atoms with Crippen molar-refractivity contribution < 1.29 is 14.2 Å². The maximum absolute atomic E-state index is 9.50. The smallest absolute Gasteiger partial charge is 0.231 e. The average Bonchev–Trinajstić information content (AvgIpc) is 3.24. The molecular weight excluding hydrogens is 414 g/mol. The number of methoxy groups -OCH3 is 1. The topological polar surface area (TPSA) is 100 Å². The largest absolute Gasteiger partial charge is 0.495 e. The fraction of sp³-hybridized carbons (Fsp3) is 0.227. The quantitative estimate of drug-likeness (QED) is 0.379. The first-order valence-corrected chi connectivity index (χ1v) is 10.1. The van der Waals surface area contributed by atoms with Crippen molar-refractivity contribution in [2.45, 2.75) is 6.42 Å². The number of pyridine rings is 1. The second kappa shape index (κ2) is 9.36. The summed E-state index contributed by atoms with van der Waals surface area (Å²) in [7, 11) is 1.62. The van der Waals surface area contributed by atoms with Gasteiger partial charge >= 0.3 is 0 Å². The number of nitrogens with zero attached hydrogens (tertiary/aromatic N) is 2. The molecule has 0 saturated heterocycles. The van der Waals surface area contributed by atoms with Crippen LogP contribution in [-0.2, 0) is 0 Å². The van der Waals surface area contributed by atoms with E-state index in [1.807, 2.05) is 36.4 Å². The van der Waals surface area contributed by atoms with Crippen molar-refractivity contribution >= 4 is 39.7 Å². The van der Waals surface area contributed by atoms with E-state index in [4.69, 9.17) is 26.4 Å². The van der Waals surface area contributed by atoms with Crippen molar-refractivity contribution in [2.24, 2.45) is 0 Å². The first-order chi connectivity index (χ1) is 15.2. The Balaban J connectivity index is 1.31. The first kappa shape index (κ1) is 20.5. The number of nitriles is 1. The number of para-hydroxylation sites is 2. The van der Waals surface area contributed by atoms with Crippen LogP contribution in [0.1, 0.15) is 12.0 Å². The van der Waals surface area contributed by atoms with E-state index in [0.29, 0.717) is 41.1 Å². The van der Waals surface area contributed by atoms with E-state index in [1.165, 1.54) is 0 Å². The van der Waals surface area contributed by atoms with Gasteiger partial charge in [-0.25, -0.2) is 4.98 Å². The summed E-state index contributed by atoms with van der Waals surface area (Å²) in [4.78, 5) is 4.59. The lowest BCUT2D eigenvalue weighted by molar-refractivity contribution is 0.174. The normalized spacial score (nSPS) is 11.6. The Morgan fingerprint density at radius 1 is 1.19 bits per heavy atom. The maximum atomic E-state index is 9.50. The molecule has 0 bridgehead atoms. The van der Waals surface area contributed by atoms with E-state index in [9.17, 15) is 5.26 Å². The Hall–Kier alpha value is -3.77. The molecule has 0 spiro atoms. The molecule has 1 aliphatic rings. The van der Waals surface area contributed by atoms with Gasteiger partial charge < -0.3 is 30.2 Å². The number of aromatic nitrogens is 1. The predicted molar refractivity (Wildman–Crippen MR) is 123 cm³/mol. The zero-order valence-electron chi connectivity index (χ0n) is 16.9. The summed E-state index contributed by atoms with van der Waals surface area (Å²) in [5, 5.41) is 20.4. The van der Waals surface area contributed by atoms with Gasteiger partial charge in [-0.15, -0.1) is 0 Å². The summed E-state index contributed by atoms with van der Waals surface area (Å²) in [6.45, 7) is 1.48. The molecule has 0 aliphatic carbocycles. The molecule has 0 fully saturated rings. The van der Waals surface area contributed by atoms with Crippen LogP contribution in [0.25, 0.3) is 10.9 Å². The van der Waals surface area contributed by atoms with Gasteiger partial charge in [0.05, 0.1) is 23.9 Å². The van der Waals surface area contributed by atoms with Gasteiger partial charge in [0, 0.05) is 24.5 Å². The predicted octanol–water partition coefficient (Wildman–Crippen LogP) is 3.63. The molecule has 0 saturated carbocycles. The molecular formula is C22H21N5O3S. The molecule has 3 aromatic rings. The highest BCUT2D eigenvalue weighted by molar-refractivity contribution is 7.80. The lowest BCUT2D eigenvalue weighted by Crippen LogP contribution is -2.30. The second-order valence-electron chi connectivity index (χ2n) is 6.76. The van der Waals surface area contributed by atoms with Crippen molar-refractivity contribution in [3.63, 3.8) is 0 Å². The number of ether oxygens (including phenoxy) is 3. The molecule has 8 nitrogen and oxygen atoms in total. The minimum absolute atomic E-state index is 0.197. The summed E-state index contributed by atoms with van der Waals surface area (Å²) >= 11 is 5.34. The zero-order chi connectivity index (χ0) is 21.6. The fourth-order valence-corrected chi connectivity index (χ4v) is 3.41. The molecule has 2 aromatic carbocycles. The van der Waals surface area contributed by atoms with Crippen molar-refractivity contribution in [3.05, 3.63) is 48.0 Å². The van der Waals surface area contributed by atoms with Crippen LogP contribution in [0.2, 0.25) is 0 Å². The summed E-state index contributed by atoms with van der Waals surface area (Å²) < 4.78 is 16.1. The third-order valence-corrected chi connectivity index (χ3v) is 4.96. The van der Waals surface area contributed by atoms with Gasteiger partial charge in [0.2, 0.25) is 6.79 Å². The van der Waals surface area contributed by atoms with E-state index in [-0.39, 0.29) is 6.79 Å². The van der Waals surface area contributed by atoms with Gasteiger partial charge in [0.1, 0.15) is 17.6 Å². The number of benzene rings is 2. The van der Waals surface area contributed by atoms with E-state index >= 15 is 0 Å². The molecule has 0 unspecified atom stereocenters. The number of rotatable bonds is 7. The standard InChI is InChI=1S/C22H21N5O3S/c1-28-18-6-3-2-5-16(18)27-22(31)25-8-4-7-24-21-15(12-23)9-14-10-19-20(30-13-29-19)11-17(14)26-21/h2-3,5-6,9-11H,4,7-8,13H2,1H3,(H,24,26)(H2,25,27,31). The van der Waals surface area contributed by atoms with Crippen molar-refractivity contribution in [3.8, 4) is 23.3 Å². The molecule has 0 radical (unpaired) electrons. The number of hydrogen-bond acceptors (Lipinski definition) is 7. The highest BCUT2D eigenvalue weighted by Crippen LogP contribution is 2.36. The Morgan fingerprint density at radius 2 is 2.00 bits per heavy atom. The summed E-state index contributed by atoms with van der Waals surface area (Å²) in [6, 6.07) is 15.2. The molecule has 31 heavy (non-hydrogen) atoms. The third-order valence-electron chi connectivity index (χ3n) is 4.72. The Bertz CT molecular complexity index is 1160. The van der Waals surface area contributed by atoms with Crippen molar-refractivity contribution in [1.82, 2.24) is 10.3 Å². The lowest BCUT2D eigenvalue weighted by atomic mass is 10.1. The van der Waals surface area contributed by atoms with Crippen LogP contribution < -0.4 is 30.2 Å². The van der Waals surface area contributed by atoms with Gasteiger partial charge in [-0.2, -0.15) is 5.26 Å². The van der Waals surface area contributed by atoms with Crippen LogP contribution >= 0.6 is 12.2 Å². The summed E-state index contributed by atoms with van der Waals surface area (Å²) in [5.74, 6) is 2.60. The molecule has 0 atom stereocenters. The monoisotopic (exact) mass is 435 g/mol. The van der Waals surface area contributed by atoms with Gasteiger partial charge in [0.25, 0.3) is 0 Å². The number of anilines is 2. The second-order valence-corrected chi connectivity index (χ2v) is 7.16. The van der Waals surface area contributed by atoms with E-state index in [2.05, 4.69) is 27.0 Å². The third kappa shape index (κ3) is 4.70. The molecule has 2 heterocycles. The number of nitrogens with one attached hydrogen (secondary N) is 3. The van der Waals surface area contributed by atoms with Gasteiger partial charge in [0.15, 0.2) is 16.6 Å². The number of fused-ring (bicyclic) bond motifs is 2. The summed E-state index contributed by atoms with van der Waals surface area (Å²) in [5.41, 5.74) is 2.03. The van der Waals surface area contributed by atoms with E-state index < -0.39 is 0 Å².